The van der Waals surface area contributed by atoms with E-state index in [-0.39, 0.29) is 5.91 Å². The Morgan fingerprint density at radius 3 is 2.23 bits per heavy atom. The van der Waals surface area contributed by atoms with Gasteiger partial charge in [0.25, 0.3) is 5.91 Å². The van der Waals surface area contributed by atoms with Crippen molar-refractivity contribution in [2.24, 2.45) is 0 Å². The van der Waals surface area contributed by atoms with Crippen LogP contribution in [-0.2, 0) is 0 Å². The number of hydrogen-bond acceptors (Lipinski definition) is 3. The number of anilines is 2. The molecular weight excluding hydrogens is 274 g/mol. The highest BCUT2D eigenvalue weighted by Crippen LogP contribution is 2.24. The lowest BCUT2D eigenvalue weighted by Crippen LogP contribution is -2.12. The van der Waals surface area contributed by atoms with Gasteiger partial charge in [-0.15, -0.1) is 0 Å². The summed E-state index contributed by atoms with van der Waals surface area (Å²) in [4.78, 5) is 16.5. The highest BCUT2D eigenvalue weighted by atomic mass is 16.1. The Bertz CT molecular complexity index is 786. The first-order valence-corrected chi connectivity index (χ1v) is 6.91. The normalized spacial score (nSPS) is 10.2. The van der Waals surface area contributed by atoms with E-state index in [9.17, 15) is 4.79 Å². The molecule has 3 aromatic rings. The molecule has 108 valence electrons. The van der Waals surface area contributed by atoms with Gasteiger partial charge >= 0.3 is 0 Å². The van der Waals surface area contributed by atoms with Gasteiger partial charge in [0.2, 0.25) is 0 Å². The number of para-hydroxylation sites is 1. The van der Waals surface area contributed by atoms with E-state index < -0.39 is 0 Å². The van der Waals surface area contributed by atoms with E-state index in [4.69, 9.17) is 5.73 Å². The van der Waals surface area contributed by atoms with E-state index in [1.807, 2.05) is 60.7 Å². The number of nitrogens with zero attached hydrogens (tertiary/aromatic N) is 1. The van der Waals surface area contributed by atoms with Crippen LogP contribution in [0.25, 0.3) is 11.3 Å². The van der Waals surface area contributed by atoms with Gasteiger partial charge in [0.15, 0.2) is 0 Å². The van der Waals surface area contributed by atoms with Crippen LogP contribution < -0.4 is 11.1 Å². The van der Waals surface area contributed by atoms with Crippen molar-refractivity contribution >= 4 is 17.3 Å². The second kappa shape index (κ2) is 6.10. The Morgan fingerprint density at radius 2 is 1.59 bits per heavy atom. The van der Waals surface area contributed by atoms with Gasteiger partial charge in [-0.2, -0.15) is 0 Å². The summed E-state index contributed by atoms with van der Waals surface area (Å²) in [7, 11) is 0. The van der Waals surface area contributed by atoms with Crippen LogP contribution in [0.5, 0.6) is 0 Å². The SMILES string of the molecule is Nc1cc(C(=O)Nc2ccccc2)cnc1-c1ccccc1. The summed E-state index contributed by atoms with van der Waals surface area (Å²) >= 11 is 0. The van der Waals surface area contributed by atoms with Crippen molar-refractivity contribution in [3.05, 3.63) is 78.5 Å². The maximum Gasteiger partial charge on any atom is 0.257 e. The van der Waals surface area contributed by atoms with Crippen LogP contribution in [0.3, 0.4) is 0 Å². The number of pyridine rings is 1. The molecule has 4 nitrogen and oxygen atoms in total. The summed E-state index contributed by atoms with van der Waals surface area (Å²) in [5.41, 5.74) is 9.29. The van der Waals surface area contributed by atoms with E-state index in [1.54, 1.807) is 6.07 Å². The number of carbonyl (C=O) groups is 1. The van der Waals surface area contributed by atoms with Crippen LogP contribution in [0.15, 0.2) is 72.9 Å². The summed E-state index contributed by atoms with van der Waals surface area (Å²) in [6.07, 6.45) is 1.54. The third-order valence-electron chi connectivity index (χ3n) is 3.26. The van der Waals surface area contributed by atoms with Crippen molar-refractivity contribution in [2.75, 3.05) is 11.1 Å². The number of nitrogens with one attached hydrogen (secondary N) is 1. The molecule has 0 aliphatic carbocycles. The topological polar surface area (TPSA) is 68.0 Å². The van der Waals surface area contributed by atoms with Gasteiger partial charge in [0.1, 0.15) is 0 Å². The average Bonchev–Trinajstić information content (AvgIpc) is 2.56. The van der Waals surface area contributed by atoms with Crippen molar-refractivity contribution in [2.45, 2.75) is 0 Å². The predicted molar refractivity (Wildman–Crippen MR) is 88.5 cm³/mol. The third kappa shape index (κ3) is 2.96. The summed E-state index contributed by atoms with van der Waals surface area (Å²) in [5, 5.41) is 2.81. The number of hydrogen-bond donors (Lipinski definition) is 2. The van der Waals surface area contributed by atoms with Gasteiger partial charge in [0.05, 0.1) is 16.9 Å². The van der Waals surface area contributed by atoms with Crippen LogP contribution in [0.2, 0.25) is 0 Å². The number of amides is 1. The molecule has 0 saturated carbocycles. The quantitative estimate of drug-likeness (QED) is 0.774. The van der Waals surface area contributed by atoms with Gasteiger partial charge < -0.3 is 11.1 Å². The summed E-state index contributed by atoms with van der Waals surface area (Å²) < 4.78 is 0. The lowest BCUT2D eigenvalue weighted by molar-refractivity contribution is 0.102. The molecule has 0 unspecified atom stereocenters. The first kappa shape index (κ1) is 13.8. The zero-order valence-corrected chi connectivity index (χ0v) is 11.9. The zero-order valence-electron chi connectivity index (χ0n) is 11.9. The van der Waals surface area contributed by atoms with Crippen LogP contribution >= 0.6 is 0 Å². The molecule has 3 rings (SSSR count). The lowest BCUT2D eigenvalue weighted by atomic mass is 10.1. The number of benzene rings is 2. The molecule has 0 aliphatic rings. The zero-order chi connectivity index (χ0) is 15.4. The molecule has 0 spiro atoms. The highest BCUT2D eigenvalue weighted by molar-refractivity contribution is 6.05. The summed E-state index contributed by atoms with van der Waals surface area (Å²) in [6.45, 7) is 0. The van der Waals surface area contributed by atoms with Crippen molar-refractivity contribution in [1.29, 1.82) is 0 Å². The van der Waals surface area contributed by atoms with E-state index in [2.05, 4.69) is 10.3 Å². The molecule has 0 bridgehead atoms. The molecule has 1 amide bonds. The second-order valence-corrected chi connectivity index (χ2v) is 4.85. The average molecular weight is 289 g/mol. The van der Waals surface area contributed by atoms with E-state index in [0.29, 0.717) is 16.9 Å². The molecule has 0 aliphatic heterocycles. The van der Waals surface area contributed by atoms with E-state index >= 15 is 0 Å². The predicted octanol–water partition coefficient (Wildman–Crippen LogP) is 3.58. The van der Waals surface area contributed by atoms with Gasteiger partial charge in [-0.1, -0.05) is 48.5 Å². The van der Waals surface area contributed by atoms with E-state index in [0.717, 1.165) is 11.3 Å². The van der Waals surface area contributed by atoms with Gasteiger partial charge in [-0.05, 0) is 18.2 Å². The van der Waals surface area contributed by atoms with Crippen LogP contribution in [-0.4, -0.2) is 10.9 Å². The maximum atomic E-state index is 12.2. The molecule has 22 heavy (non-hydrogen) atoms. The van der Waals surface area contributed by atoms with Crippen molar-refractivity contribution in [1.82, 2.24) is 4.98 Å². The number of nitrogens with two attached hydrogens (primary N) is 1. The van der Waals surface area contributed by atoms with Gasteiger partial charge in [-0.3, -0.25) is 9.78 Å². The Kier molecular flexibility index (Phi) is 3.83. The second-order valence-electron chi connectivity index (χ2n) is 4.85. The summed E-state index contributed by atoms with van der Waals surface area (Å²) in [5.74, 6) is -0.231. The Labute approximate surface area is 128 Å². The minimum atomic E-state index is -0.231. The fourth-order valence-corrected chi connectivity index (χ4v) is 2.17. The molecular formula is C18H15N3O. The van der Waals surface area contributed by atoms with Crippen molar-refractivity contribution < 1.29 is 4.79 Å². The minimum absolute atomic E-state index is 0.231. The number of aromatic nitrogens is 1. The molecule has 0 fully saturated rings. The van der Waals surface area contributed by atoms with Crippen LogP contribution in [0.4, 0.5) is 11.4 Å². The minimum Gasteiger partial charge on any atom is -0.397 e. The standard InChI is InChI=1S/C18H15N3O/c19-16-11-14(18(22)21-15-9-5-2-6-10-15)12-20-17(16)13-7-3-1-4-8-13/h1-12H,19H2,(H,21,22). The third-order valence-corrected chi connectivity index (χ3v) is 3.26. The lowest BCUT2D eigenvalue weighted by Gasteiger charge is -2.08. The molecule has 3 N–H and O–H groups in total. The highest BCUT2D eigenvalue weighted by Gasteiger charge is 2.10. The van der Waals surface area contributed by atoms with Crippen LogP contribution in [0.1, 0.15) is 10.4 Å². The number of rotatable bonds is 3. The molecule has 0 atom stereocenters. The Hall–Kier alpha value is -3.14. The first-order valence-electron chi connectivity index (χ1n) is 6.91. The van der Waals surface area contributed by atoms with E-state index in [1.165, 1.54) is 6.20 Å². The smallest absolute Gasteiger partial charge is 0.257 e. The summed E-state index contributed by atoms with van der Waals surface area (Å²) in [6, 6.07) is 20.6. The molecule has 4 heteroatoms. The largest absolute Gasteiger partial charge is 0.397 e. The molecule has 2 aromatic carbocycles. The number of carbonyl (C=O) groups excluding carboxylic acids is 1. The van der Waals surface area contributed by atoms with Gasteiger partial charge in [0, 0.05) is 17.4 Å². The fraction of sp³-hybridized carbons (Fsp3) is 0. The fourth-order valence-electron chi connectivity index (χ4n) is 2.17. The van der Waals surface area contributed by atoms with Crippen molar-refractivity contribution in [3.8, 4) is 11.3 Å². The Balaban J connectivity index is 1.84. The van der Waals surface area contributed by atoms with Crippen LogP contribution in [0, 0.1) is 0 Å². The first-order chi connectivity index (χ1) is 10.7. The Morgan fingerprint density at radius 1 is 0.955 bits per heavy atom. The molecule has 0 saturated heterocycles. The monoisotopic (exact) mass is 289 g/mol. The molecule has 1 heterocycles. The maximum absolute atomic E-state index is 12.2. The van der Waals surface area contributed by atoms with Gasteiger partial charge in [-0.25, -0.2) is 0 Å². The van der Waals surface area contributed by atoms with Crippen molar-refractivity contribution in [3.63, 3.8) is 0 Å². The molecule has 1 aromatic heterocycles. The number of nitrogen functional groups attached to an aromatic ring is 1. The molecule has 0 radical (unpaired) electrons.